The first kappa shape index (κ1) is 26.7. The van der Waals surface area contributed by atoms with Gasteiger partial charge in [0.05, 0.1) is 28.5 Å². The van der Waals surface area contributed by atoms with Crippen LogP contribution in [-0.2, 0) is 16.1 Å². The molecule has 0 amide bonds. The zero-order valence-corrected chi connectivity index (χ0v) is 23.4. The maximum Gasteiger partial charge on any atom is 0.338 e. The summed E-state index contributed by atoms with van der Waals surface area (Å²) in [4.78, 5) is 31.9. The predicted octanol–water partition coefficient (Wildman–Crippen LogP) is 5.34. The van der Waals surface area contributed by atoms with Gasteiger partial charge in [-0.1, -0.05) is 77.0 Å². The molecule has 0 aliphatic carbocycles. The van der Waals surface area contributed by atoms with Crippen LogP contribution in [0.3, 0.4) is 0 Å². The van der Waals surface area contributed by atoms with E-state index in [0.29, 0.717) is 38.0 Å². The van der Waals surface area contributed by atoms with E-state index in [4.69, 9.17) is 21.1 Å². The molecule has 0 fully saturated rings. The Hall–Kier alpha value is -3.94. The van der Waals surface area contributed by atoms with Gasteiger partial charge >= 0.3 is 5.97 Å². The molecule has 0 radical (unpaired) electrons. The molecule has 1 aliphatic heterocycles. The van der Waals surface area contributed by atoms with Crippen LogP contribution in [0.5, 0.6) is 5.75 Å². The number of hydrogen-bond acceptors (Lipinski definition) is 6. The SMILES string of the molecule is CCOC(=O)C1=C(C)N=c2s/c(=C\c3ccc(OCc4cccc(Cl)c4)cc3)c(=O)n2[C@H]1c1ccc(C)cc1. The minimum atomic E-state index is -0.620. The zero-order valence-electron chi connectivity index (χ0n) is 21.8. The number of hydrogen-bond donors (Lipinski definition) is 0. The van der Waals surface area contributed by atoms with Crippen molar-refractivity contribution in [3.63, 3.8) is 0 Å². The van der Waals surface area contributed by atoms with E-state index in [1.807, 2.05) is 85.8 Å². The van der Waals surface area contributed by atoms with Gasteiger partial charge in [-0.2, -0.15) is 0 Å². The zero-order chi connectivity index (χ0) is 27.5. The molecule has 1 aromatic heterocycles. The minimum absolute atomic E-state index is 0.208. The first-order chi connectivity index (χ1) is 18.8. The molecule has 3 aromatic carbocycles. The molecule has 0 saturated heterocycles. The first-order valence-electron chi connectivity index (χ1n) is 12.6. The summed E-state index contributed by atoms with van der Waals surface area (Å²) in [6.07, 6.45) is 1.83. The number of benzene rings is 3. The lowest BCUT2D eigenvalue weighted by Crippen LogP contribution is -2.39. The number of esters is 1. The van der Waals surface area contributed by atoms with Crippen molar-refractivity contribution < 1.29 is 14.3 Å². The fraction of sp³-hybridized carbons (Fsp3) is 0.194. The molecule has 8 heteroatoms. The Morgan fingerprint density at radius 1 is 1.08 bits per heavy atom. The standard InChI is InChI=1S/C31H27ClN2O4S/c1-4-37-30(36)27-20(3)33-31-34(28(27)23-12-8-19(2)9-13-23)29(35)26(39-31)17-21-10-14-25(15-11-21)38-18-22-6-5-7-24(32)16-22/h5-17,28H,4,18H2,1-3H3/b26-17-/t28-/m0/s1. The van der Waals surface area contributed by atoms with Gasteiger partial charge in [0.2, 0.25) is 0 Å². The van der Waals surface area contributed by atoms with E-state index in [2.05, 4.69) is 4.99 Å². The lowest BCUT2D eigenvalue weighted by Gasteiger charge is -2.24. The van der Waals surface area contributed by atoms with Crippen LogP contribution in [-0.4, -0.2) is 17.1 Å². The van der Waals surface area contributed by atoms with Gasteiger partial charge in [-0.05, 0) is 67.8 Å². The van der Waals surface area contributed by atoms with Crippen LogP contribution in [0.25, 0.3) is 6.08 Å². The van der Waals surface area contributed by atoms with Crippen molar-refractivity contribution in [2.75, 3.05) is 6.61 Å². The Morgan fingerprint density at radius 2 is 1.82 bits per heavy atom. The summed E-state index contributed by atoms with van der Waals surface area (Å²) in [5.74, 6) is 0.245. The van der Waals surface area contributed by atoms with Gasteiger partial charge in [0.15, 0.2) is 4.80 Å². The topological polar surface area (TPSA) is 69.9 Å². The molecule has 6 nitrogen and oxygen atoms in total. The number of carbonyl (C=O) groups excluding carboxylic acids is 1. The number of thiazole rings is 1. The number of nitrogens with zero attached hydrogens (tertiary/aromatic N) is 2. The number of carbonyl (C=O) groups is 1. The summed E-state index contributed by atoms with van der Waals surface area (Å²) in [6.45, 7) is 6.18. The molecule has 1 aliphatic rings. The summed E-state index contributed by atoms with van der Waals surface area (Å²) in [6, 6.07) is 22.3. The van der Waals surface area contributed by atoms with Crippen molar-refractivity contribution in [3.05, 3.63) is 131 Å². The van der Waals surface area contributed by atoms with Crippen molar-refractivity contribution in [2.24, 2.45) is 4.99 Å². The summed E-state index contributed by atoms with van der Waals surface area (Å²) in [5, 5.41) is 0.669. The summed E-state index contributed by atoms with van der Waals surface area (Å²) in [5.41, 5.74) is 4.46. The molecule has 0 spiro atoms. The second-order valence-electron chi connectivity index (χ2n) is 9.20. The minimum Gasteiger partial charge on any atom is -0.489 e. The number of halogens is 1. The predicted molar refractivity (Wildman–Crippen MR) is 154 cm³/mol. The van der Waals surface area contributed by atoms with Crippen molar-refractivity contribution in [1.29, 1.82) is 0 Å². The van der Waals surface area contributed by atoms with Crippen molar-refractivity contribution in [1.82, 2.24) is 4.57 Å². The molecule has 0 bridgehead atoms. The third-order valence-electron chi connectivity index (χ3n) is 6.38. The maximum atomic E-state index is 13.7. The molecule has 2 heterocycles. The number of ether oxygens (including phenoxy) is 2. The van der Waals surface area contributed by atoms with Crippen molar-refractivity contribution >= 4 is 35.0 Å². The summed E-state index contributed by atoms with van der Waals surface area (Å²) in [7, 11) is 0. The Balaban J connectivity index is 1.49. The van der Waals surface area contributed by atoms with E-state index >= 15 is 0 Å². The van der Waals surface area contributed by atoms with E-state index in [9.17, 15) is 9.59 Å². The van der Waals surface area contributed by atoms with E-state index in [1.54, 1.807) is 18.4 Å². The van der Waals surface area contributed by atoms with Gasteiger partial charge < -0.3 is 9.47 Å². The molecule has 39 heavy (non-hydrogen) atoms. The highest BCUT2D eigenvalue weighted by Crippen LogP contribution is 2.30. The van der Waals surface area contributed by atoms with Crippen LogP contribution in [0, 0.1) is 6.92 Å². The van der Waals surface area contributed by atoms with E-state index in [-0.39, 0.29) is 12.2 Å². The fourth-order valence-electron chi connectivity index (χ4n) is 4.46. The highest BCUT2D eigenvalue weighted by molar-refractivity contribution is 7.07. The quantitative estimate of drug-likeness (QED) is 0.287. The Labute approximate surface area is 235 Å². The van der Waals surface area contributed by atoms with Gasteiger partial charge in [-0.25, -0.2) is 9.79 Å². The highest BCUT2D eigenvalue weighted by atomic mass is 35.5. The van der Waals surface area contributed by atoms with E-state index in [1.165, 1.54) is 11.3 Å². The fourth-order valence-corrected chi connectivity index (χ4v) is 5.72. The molecule has 4 aromatic rings. The van der Waals surface area contributed by atoms with Gasteiger partial charge in [-0.3, -0.25) is 9.36 Å². The summed E-state index contributed by atoms with van der Waals surface area (Å²) < 4.78 is 13.4. The Kier molecular flexibility index (Phi) is 7.82. The molecular weight excluding hydrogens is 532 g/mol. The Bertz CT molecular complexity index is 1740. The van der Waals surface area contributed by atoms with Gasteiger partial charge in [0.1, 0.15) is 12.4 Å². The van der Waals surface area contributed by atoms with Crippen LogP contribution >= 0.6 is 22.9 Å². The van der Waals surface area contributed by atoms with Crippen LogP contribution in [0.2, 0.25) is 5.02 Å². The molecule has 0 unspecified atom stereocenters. The maximum absolute atomic E-state index is 13.7. The van der Waals surface area contributed by atoms with Gasteiger partial charge in [-0.15, -0.1) is 0 Å². The number of fused-ring (bicyclic) bond motifs is 1. The van der Waals surface area contributed by atoms with Gasteiger partial charge in [0, 0.05) is 5.02 Å². The van der Waals surface area contributed by atoms with E-state index < -0.39 is 12.0 Å². The Morgan fingerprint density at radius 3 is 2.51 bits per heavy atom. The lowest BCUT2D eigenvalue weighted by atomic mass is 9.95. The number of aryl methyl sites for hydroxylation is 1. The van der Waals surface area contributed by atoms with E-state index in [0.717, 1.165) is 22.3 Å². The van der Waals surface area contributed by atoms with Crippen LogP contribution in [0.15, 0.2) is 93.9 Å². The summed E-state index contributed by atoms with van der Waals surface area (Å²) >= 11 is 7.35. The number of allylic oxidation sites excluding steroid dienone is 1. The normalized spacial score (nSPS) is 15.1. The number of aromatic nitrogens is 1. The number of rotatable bonds is 7. The average Bonchev–Trinajstić information content (AvgIpc) is 3.22. The van der Waals surface area contributed by atoms with Crippen LogP contribution < -0.4 is 19.6 Å². The van der Waals surface area contributed by atoms with Crippen LogP contribution in [0.1, 0.15) is 42.1 Å². The van der Waals surface area contributed by atoms with Crippen molar-refractivity contribution in [3.8, 4) is 5.75 Å². The second kappa shape index (κ2) is 11.4. The average molecular weight is 559 g/mol. The largest absolute Gasteiger partial charge is 0.489 e. The molecule has 1 atom stereocenters. The third-order valence-corrected chi connectivity index (χ3v) is 7.60. The smallest absolute Gasteiger partial charge is 0.338 e. The monoisotopic (exact) mass is 558 g/mol. The second-order valence-corrected chi connectivity index (χ2v) is 10.6. The first-order valence-corrected chi connectivity index (χ1v) is 13.8. The lowest BCUT2D eigenvalue weighted by molar-refractivity contribution is -0.139. The molecule has 5 rings (SSSR count). The van der Waals surface area contributed by atoms with Crippen molar-refractivity contribution in [2.45, 2.75) is 33.4 Å². The molecule has 0 saturated carbocycles. The van der Waals surface area contributed by atoms with Crippen LogP contribution in [0.4, 0.5) is 0 Å². The third kappa shape index (κ3) is 5.75. The van der Waals surface area contributed by atoms with Gasteiger partial charge in [0.25, 0.3) is 5.56 Å². The molecular formula is C31H27ClN2O4S. The highest BCUT2D eigenvalue weighted by Gasteiger charge is 2.33. The molecule has 198 valence electrons. The molecule has 0 N–H and O–H groups in total.